The zero-order valence-electron chi connectivity index (χ0n) is 8.98. The first kappa shape index (κ1) is 13.4. The standard InChI is InChI=1S/C12H18N2O/c1-5-9-14(10-6-2)11(7-3)13-12(15)8-4/h5-8,11H,1-4,9-10H2,(H,13,15). The van der Waals surface area contributed by atoms with Crippen LogP contribution in [0.25, 0.3) is 0 Å². The van der Waals surface area contributed by atoms with E-state index in [0.717, 1.165) is 0 Å². The third-order valence-electron chi connectivity index (χ3n) is 1.82. The average Bonchev–Trinajstić information content (AvgIpc) is 2.25. The molecule has 3 heteroatoms. The Kier molecular flexibility index (Phi) is 6.93. The first-order chi connectivity index (χ1) is 7.19. The topological polar surface area (TPSA) is 32.3 Å². The van der Waals surface area contributed by atoms with E-state index in [4.69, 9.17) is 0 Å². The Bertz CT molecular complexity index is 248. The van der Waals surface area contributed by atoms with Gasteiger partial charge in [-0.3, -0.25) is 9.69 Å². The highest BCUT2D eigenvalue weighted by molar-refractivity contribution is 5.87. The van der Waals surface area contributed by atoms with Crippen LogP contribution in [-0.4, -0.2) is 30.1 Å². The highest BCUT2D eigenvalue weighted by Gasteiger charge is 2.13. The Morgan fingerprint density at radius 1 is 1.20 bits per heavy atom. The summed E-state index contributed by atoms with van der Waals surface area (Å²) in [5.74, 6) is -0.224. The molecule has 0 aromatic carbocycles. The van der Waals surface area contributed by atoms with E-state index >= 15 is 0 Å². The summed E-state index contributed by atoms with van der Waals surface area (Å²) in [5.41, 5.74) is 0. The number of nitrogens with one attached hydrogen (secondary N) is 1. The SMILES string of the molecule is C=CCN(CC=C)C(C=C)NC(=O)C=C. The fraction of sp³-hybridized carbons (Fsp3) is 0.250. The van der Waals surface area contributed by atoms with Crippen molar-refractivity contribution in [2.45, 2.75) is 6.17 Å². The fourth-order valence-corrected chi connectivity index (χ4v) is 1.14. The predicted octanol–water partition coefficient (Wildman–Crippen LogP) is 1.47. The van der Waals surface area contributed by atoms with Crippen LogP contribution < -0.4 is 5.32 Å². The quantitative estimate of drug-likeness (QED) is 0.370. The van der Waals surface area contributed by atoms with Crippen LogP contribution in [0.15, 0.2) is 50.6 Å². The highest BCUT2D eigenvalue weighted by Crippen LogP contribution is 1.98. The van der Waals surface area contributed by atoms with Gasteiger partial charge >= 0.3 is 0 Å². The summed E-state index contributed by atoms with van der Waals surface area (Å²) in [6.45, 7) is 15.7. The third-order valence-corrected chi connectivity index (χ3v) is 1.82. The van der Waals surface area contributed by atoms with Crippen LogP contribution in [0.3, 0.4) is 0 Å². The molecule has 0 radical (unpaired) electrons. The number of hydrogen-bond donors (Lipinski definition) is 1. The van der Waals surface area contributed by atoms with Crippen molar-refractivity contribution in [3.63, 3.8) is 0 Å². The lowest BCUT2D eigenvalue weighted by Crippen LogP contribution is -2.46. The molecule has 1 N–H and O–H groups in total. The molecule has 3 nitrogen and oxygen atoms in total. The zero-order chi connectivity index (χ0) is 11.7. The van der Waals surface area contributed by atoms with E-state index in [2.05, 4.69) is 31.6 Å². The molecule has 0 saturated carbocycles. The molecule has 0 fully saturated rings. The Morgan fingerprint density at radius 3 is 2.07 bits per heavy atom. The van der Waals surface area contributed by atoms with E-state index in [-0.39, 0.29) is 12.1 Å². The van der Waals surface area contributed by atoms with Crippen molar-refractivity contribution in [2.24, 2.45) is 0 Å². The minimum atomic E-state index is -0.230. The summed E-state index contributed by atoms with van der Waals surface area (Å²) in [6.07, 6.45) is 6.19. The molecular formula is C12H18N2O. The van der Waals surface area contributed by atoms with Crippen LogP contribution >= 0.6 is 0 Å². The van der Waals surface area contributed by atoms with Crippen molar-refractivity contribution < 1.29 is 4.79 Å². The number of rotatable bonds is 8. The Hall–Kier alpha value is -1.61. The molecule has 0 saturated heterocycles. The molecular weight excluding hydrogens is 188 g/mol. The van der Waals surface area contributed by atoms with Crippen LogP contribution in [0.1, 0.15) is 0 Å². The van der Waals surface area contributed by atoms with Gasteiger partial charge in [0, 0.05) is 13.1 Å². The summed E-state index contributed by atoms with van der Waals surface area (Å²) in [6, 6.07) is 0. The first-order valence-corrected chi connectivity index (χ1v) is 4.70. The van der Waals surface area contributed by atoms with Gasteiger partial charge in [-0.15, -0.1) is 13.2 Å². The van der Waals surface area contributed by atoms with Crippen LogP contribution in [-0.2, 0) is 4.79 Å². The molecule has 0 aliphatic rings. The van der Waals surface area contributed by atoms with E-state index in [1.807, 2.05) is 4.90 Å². The third kappa shape index (κ3) is 4.98. The molecule has 0 rings (SSSR count). The highest BCUT2D eigenvalue weighted by atomic mass is 16.1. The maximum Gasteiger partial charge on any atom is 0.244 e. The molecule has 0 bridgehead atoms. The smallest absolute Gasteiger partial charge is 0.244 e. The van der Waals surface area contributed by atoms with Gasteiger partial charge in [-0.1, -0.05) is 31.4 Å². The second kappa shape index (κ2) is 7.76. The second-order valence-electron chi connectivity index (χ2n) is 2.92. The van der Waals surface area contributed by atoms with Crippen LogP contribution in [0, 0.1) is 0 Å². The van der Waals surface area contributed by atoms with Crippen LogP contribution in [0.5, 0.6) is 0 Å². The van der Waals surface area contributed by atoms with Gasteiger partial charge in [0.25, 0.3) is 0 Å². The minimum Gasteiger partial charge on any atom is -0.333 e. The lowest BCUT2D eigenvalue weighted by atomic mass is 10.3. The van der Waals surface area contributed by atoms with Gasteiger partial charge in [-0.2, -0.15) is 0 Å². The molecule has 1 amide bonds. The maximum atomic E-state index is 11.1. The van der Waals surface area contributed by atoms with Crippen molar-refractivity contribution in [3.8, 4) is 0 Å². The fourth-order valence-electron chi connectivity index (χ4n) is 1.14. The molecule has 0 heterocycles. The van der Waals surface area contributed by atoms with E-state index in [1.165, 1.54) is 6.08 Å². The van der Waals surface area contributed by atoms with Gasteiger partial charge < -0.3 is 5.32 Å². The molecule has 1 atom stereocenters. The van der Waals surface area contributed by atoms with E-state index in [0.29, 0.717) is 13.1 Å². The minimum absolute atomic E-state index is 0.224. The summed E-state index contributed by atoms with van der Waals surface area (Å²) in [5, 5.41) is 2.74. The number of carbonyl (C=O) groups excluding carboxylic acids is 1. The lowest BCUT2D eigenvalue weighted by molar-refractivity contribution is -0.117. The van der Waals surface area contributed by atoms with Crippen molar-refractivity contribution in [1.82, 2.24) is 10.2 Å². The van der Waals surface area contributed by atoms with Crippen LogP contribution in [0.4, 0.5) is 0 Å². The summed E-state index contributed by atoms with van der Waals surface area (Å²) in [7, 11) is 0. The molecule has 82 valence electrons. The second-order valence-corrected chi connectivity index (χ2v) is 2.92. The Balaban J connectivity index is 4.48. The monoisotopic (exact) mass is 206 g/mol. The predicted molar refractivity (Wildman–Crippen MR) is 64.3 cm³/mol. The van der Waals surface area contributed by atoms with Gasteiger partial charge in [0.1, 0.15) is 6.17 Å². The van der Waals surface area contributed by atoms with Crippen molar-refractivity contribution in [1.29, 1.82) is 0 Å². The van der Waals surface area contributed by atoms with E-state index < -0.39 is 0 Å². The van der Waals surface area contributed by atoms with Gasteiger partial charge in [0.15, 0.2) is 0 Å². The molecule has 0 aliphatic heterocycles. The lowest BCUT2D eigenvalue weighted by Gasteiger charge is -2.27. The summed E-state index contributed by atoms with van der Waals surface area (Å²) in [4.78, 5) is 13.1. The van der Waals surface area contributed by atoms with Crippen molar-refractivity contribution in [2.75, 3.05) is 13.1 Å². The van der Waals surface area contributed by atoms with Gasteiger partial charge in [-0.25, -0.2) is 0 Å². The summed E-state index contributed by atoms with van der Waals surface area (Å²) >= 11 is 0. The average molecular weight is 206 g/mol. The molecule has 0 spiro atoms. The molecule has 0 aromatic rings. The normalized spacial score (nSPS) is 11.5. The van der Waals surface area contributed by atoms with E-state index in [1.54, 1.807) is 18.2 Å². The Labute approximate surface area is 91.5 Å². The van der Waals surface area contributed by atoms with E-state index in [9.17, 15) is 4.79 Å². The van der Waals surface area contributed by atoms with Gasteiger partial charge in [-0.05, 0) is 6.08 Å². The van der Waals surface area contributed by atoms with Gasteiger partial charge in [0.2, 0.25) is 5.91 Å². The molecule has 1 unspecified atom stereocenters. The zero-order valence-corrected chi connectivity index (χ0v) is 8.98. The summed E-state index contributed by atoms with van der Waals surface area (Å²) < 4.78 is 0. The molecule has 0 aliphatic carbocycles. The maximum absolute atomic E-state index is 11.1. The largest absolute Gasteiger partial charge is 0.333 e. The molecule has 15 heavy (non-hydrogen) atoms. The van der Waals surface area contributed by atoms with Gasteiger partial charge in [0.05, 0.1) is 0 Å². The van der Waals surface area contributed by atoms with Crippen molar-refractivity contribution >= 4 is 5.91 Å². The Morgan fingerprint density at radius 2 is 1.73 bits per heavy atom. The number of hydrogen-bond acceptors (Lipinski definition) is 2. The van der Waals surface area contributed by atoms with Crippen LogP contribution in [0.2, 0.25) is 0 Å². The number of nitrogens with zero attached hydrogens (tertiary/aromatic N) is 1. The number of carbonyl (C=O) groups is 1. The van der Waals surface area contributed by atoms with Crippen molar-refractivity contribution in [3.05, 3.63) is 50.6 Å². The molecule has 0 aromatic heterocycles. The number of amides is 1. The first-order valence-electron chi connectivity index (χ1n) is 4.70.